The molecule has 168 valence electrons. The van der Waals surface area contributed by atoms with Crippen molar-refractivity contribution in [2.75, 3.05) is 9.44 Å². The fraction of sp³-hybridized carbons (Fsp3) is 0.100. The van der Waals surface area contributed by atoms with Gasteiger partial charge in [-0.25, -0.2) is 16.8 Å². The van der Waals surface area contributed by atoms with Crippen molar-refractivity contribution in [1.29, 1.82) is 0 Å². The zero-order chi connectivity index (χ0) is 23.5. The molecule has 0 unspecified atom stereocenters. The third-order valence-corrected chi connectivity index (χ3v) is 7.48. The van der Waals surface area contributed by atoms with Gasteiger partial charge in [0.25, 0.3) is 15.7 Å². The van der Waals surface area contributed by atoms with Gasteiger partial charge in [0, 0.05) is 22.8 Å². The first kappa shape index (κ1) is 23.5. The Balaban J connectivity index is 1.74. The Morgan fingerprint density at radius 3 is 2.25 bits per heavy atom. The SMILES string of the molecule is Cc1c(Cl)cccc1NS(=O)(=O)c1ccc(NS(=O)(=O)Cc2cccc([N+](=O)[O-])c2)cc1. The maximum atomic E-state index is 12.6. The van der Waals surface area contributed by atoms with Gasteiger partial charge in [0.15, 0.2) is 0 Å². The molecule has 0 saturated carbocycles. The minimum atomic E-state index is -3.92. The number of nitro groups is 1. The molecule has 0 aliphatic carbocycles. The van der Waals surface area contributed by atoms with Crippen LogP contribution in [0.2, 0.25) is 5.02 Å². The van der Waals surface area contributed by atoms with Crippen molar-refractivity contribution < 1.29 is 21.8 Å². The molecule has 0 saturated heterocycles. The normalized spacial score (nSPS) is 11.7. The summed E-state index contributed by atoms with van der Waals surface area (Å²) in [7, 11) is -7.81. The average molecular weight is 496 g/mol. The lowest BCUT2D eigenvalue weighted by Crippen LogP contribution is -2.16. The van der Waals surface area contributed by atoms with Crippen LogP contribution in [-0.4, -0.2) is 21.8 Å². The molecule has 0 aromatic heterocycles. The molecule has 12 heteroatoms. The number of halogens is 1. The second-order valence-corrected chi connectivity index (χ2v) is 10.6. The largest absolute Gasteiger partial charge is 0.283 e. The maximum absolute atomic E-state index is 12.6. The van der Waals surface area contributed by atoms with E-state index in [1.807, 2.05) is 0 Å². The molecule has 0 aliphatic heterocycles. The smallest absolute Gasteiger partial charge is 0.269 e. The quantitative estimate of drug-likeness (QED) is 0.353. The lowest BCUT2D eigenvalue weighted by Gasteiger charge is -2.12. The molecule has 0 atom stereocenters. The van der Waals surface area contributed by atoms with Gasteiger partial charge in [0.2, 0.25) is 10.0 Å². The predicted octanol–water partition coefficient (Wildman–Crippen LogP) is 4.30. The molecular weight excluding hydrogens is 478 g/mol. The Bertz CT molecular complexity index is 1370. The van der Waals surface area contributed by atoms with Gasteiger partial charge < -0.3 is 0 Å². The van der Waals surface area contributed by atoms with E-state index >= 15 is 0 Å². The average Bonchev–Trinajstić information content (AvgIpc) is 2.71. The highest BCUT2D eigenvalue weighted by Gasteiger charge is 2.18. The molecule has 0 bridgehead atoms. The van der Waals surface area contributed by atoms with Crippen LogP contribution in [0.15, 0.2) is 71.6 Å². The Morgan fingerprint density at radius 2 is 1.59 bits per heavy atom. The zero-order valence-electron chi connectivity index (χ0n) is 16.6. The number of rotatable bonds is 8. The summed E-state index contributed by atoms with van der Waals surface area (Å²) in [4.78, 5) is 10.2. The fourth-order valence-electron chi connectivity index (χ4n) is 2.82. The highest BCUT2D eigenvalue weighted by molar-refractivity contribution is 7.92. The molecule has 0 heterocycles. The topological polar surface area (TPSA) is 135 Å². The van der Waals surface area contributed by atoms with Gasteiger partial charge in [-0.15, -0.1) is 0 Å². The number of nitro benzene ring substituents is 1. The molecule has 0 radical (unpaired) electrons. The second kappa shape index (κ2) is 9.15. The third-order valence-electron chi connectivity index (χ3n) is 4.43. The summed E-state index contributed by atoms with van der Waals surface area (Å²) < 4.78 is 54.9. The molecule has 0 spiro atoms. The van der Waals surface area contributed by atoms with Gasteiger partial charge in [-0.1, -0.05) is 29.8 Å². The van der Waals surface area contributed by atoms with Gasteiger partial charge in [0.05, 0.1) is 21.3 Å². The Hall–Kier alpha value is -3.15. The van der Waals surface area contributed by atoms with Crippen molar-refractivity contribution in [2.24, 2.45) is 0 Å². The molecule has 2 N–H and O–H groups in total. The van der Waals surface area contributed by atoms with Gasteiger partial charge in [-0.3, -0.25) is 19.6 Å². The van der Waals surface area contributed by atoms with E-state index in [0.717, 1.165) is 0 Å². The van der Waals surface area contributed by atoms with Crippen LogP contribution in [-0.2, 0) is 25.8 Å². The number of benzene rings is 3. The lowest BCUT2D eigenvalue weighted by atomic mass is 10.2. The van der Waals surface area contributed by atoms with Gasteiger partial charge >= 0.3 is 0 Å². The van der Waals surface area contributed by atoms with Crippen LogP contribution in [0.3, 0.4) is 0 Å². The zero-order valence-corrected chi connectivity index (χ0v) is 19.0. The standard InChI is InChI=1S/C20H18ClN3O6S2/c1-14-19(21)6-3-7-20(14)23-32(29,30)18-10-8-16(9-11-18)22-31(27,28)13-15-4-2-5-17(12-15)24(25)26/h2-12,22-23H,13H2,1H3. The van der Waals surface area contributed by atoms with E-state index in [1.165, 1.54) is 48.5 Å². The second-order valence-electron chi connectivity index (χ2n) is 6.83. The van der Waals surface area contributed by atoms with Crippen LogP contribution in [0.4, 0.5) is 17.1 Å². The van der Waals surface area contributed by atoms with Crippen molar-refractivity contribution in [3.63, 3.8) is 0 Å². The van der Waals surface area contributed by atoms with Crippen molar-refractivity contribution in [3.05, 3.63) is 93.0 Å². The van der Waals surface area contributed by atoms with Gasteiger partial charge in [0.1, 0.15) is 0 Å². The molecule has 3 aromatic carbocycles. The number of anilines is 2. The monoisotopic (exact) mass is 495 g/mol. The predicted molar refractivity (Wildman–Crippen MR) is 123 cm³/mol. The Morgan fingerprint density at radius 1 is 0.938 bits per heavy atom. The molecule has 0 aliphatic rings. The molecule has 0 fully saturated rings. The Labute approximate surface area is 190 Å². The molecule has 9 nitrogen and oxygen atoms in total. The van der Waals surface area contributed by atoms with E-state index in [1.54, 1.807) is 25.1 Å². The number of sulfonamides is 2. The van der Waals surface area contributed by atoms with Gasteiger partial charge in [-0.05, 0) is 54.4 Å². The number of hydrogen-bond acceptors (Lipinski definition) is 6. The van der Waals surface area contributed by atoms with Crippen molar-refractivity contribution >= 4 is 48.7 Å². The lowest BCUT2D eigenvalue weighted by molar-refractivity contribution is -0.384. The van der Waals surface area contributed by atoms with Crippen LogP contribution in [0.5, 0.6) is 0 Å². The summed E-state index contributed by atoms with van der Waals surface area (Å²) in [5.74, 6) is -0.482. The van der Waals surface area contributed by atoms with Crippen molar-refractivity contribution in [3.8, 4) is 0 Å². The van der Waals surface area contributed by atoms with Gasteiger partial charge in [-0.2, -0.15) is 0 Å². The summed E-state index contributed by atoms with van der Waals surface area (Å²) >= 11 is 6.02. The van der Waals surface area contributed by atoms with E-state index in [2.05, 4.69) is 9.44 Å². The van der Waals surface area contributed by atoms with E-state index in [0.29, 0.717) is 16.3 Å². The molecule has 0 amide bonds. The minimum Gasteiger partial charge on any atom is -0.283 e. The van der Waals surface area contributed by atoms with Crippen molar-refractivity contribution in [2.45, 2.75) is 17.6 Å². The van der Waals surface area contributed by atoms with E-state index < -0.39 is 30.7 Å². The third kappa shape index (κ3) is 5.75. The Kier molecular flexibility index (Phi) is 6.72. The number of non-ortho nitro benzene ring substituents is 1. The number of nitrogens with zero attached hydrogens (tertiary/aromatic N) is 1. The van der Waals surface area contributed by atoms with E-state index in [-0.39, 0.29) is 21.8 Å². The summed E-state index contributed by atoms with van der Waals surface area (Å²) in [5, 5.41) is 11.3. The van der Waals surface area contributed by atoms with Crippen LogP contribution < -0.4 is 9.44 Å². The van der Waals surface area contributed by atoms with E-state index in [9.17, 15) is 26.9 Å². The number of hydrogen-bond donors (Lipinski definition) is 2. The fourth-order valence-corrected chi connectivity index (χ4v) is 5.30. The molecular formula is C20H18ClN3O6S2. The maximum Gasteiger partial charge on any atom is 0.269 e. The van der Waals surface area contributed by atoms with Crippen LogP contribution >= 0.6 is 11.6 Å². The molecule has 3 aromatic rings. The van der Waals surface area contributed by atoms with Crippen LogP contribution in [0.25, 0.3) is 0 Å². The van der Waals surface area contributed by atoms with Crippen molar-refractivity contribution in [1.82, 2.24) is 0 Å². The highest BCUT2D eigenvalue weighted by Crippen LogP contribution is 2.26. The first-order chi connectivity index (χ1) is 15.0. The molecule has 32 heavy (non-hydrogen) atoms. The summed E-state index contributed by atoms with van der Waals surface area (Å²) in [6, 6.07) is 15.3. The summed E-state index contributed by atoms with van der Waals surface area (Å²) in [5.41, 5.74) is 1.08. The molecule has 3 rings (SSSR count). The first-order valence-electron chi connectivity index (χ1n) is 9.09. The minimum absolute atomic E-state index is 0.0708. The highest BCUT2D eigenvalue weighted by atomic mass is 35.5. The summed E-state index contributed by atoms with van der Waals surface area (Å²) in [6.07, 6.45) is 0. The number of nitrogens with one attached hydrogen (secondary N) is 2. The first-order valence-corrected chi connectivity index (χ1v) is 12.6. The van der Waals surface area contributed by atoms with Crippen LogP contribution in [0.1, 0.15) is 11.1 Å². The summed E-state index contributed by atoms with van der Waals surface area (Å²) in [6.45, 7) is 1.68. The van der Waals surface area contributed by atoms with Crippen LogP contribution in [0, 0.1) is 17.0 Å². The van der Waals surface area contributed by atoms with E-state index in [4.69, 9.17) is 11.6 Å².